The normalized spacial score (nSPS) is 31.5. The summed E-state index contributed by atoms with van der Waals surface area (Å²) in [6.45, 7) is 2.45. The lowest BCUT2D eigenvalue weighted by atomic mass is 9.77. The molecule has 6 rings (SSSR count). The molecular weight excluding hydrogens is 294 g/mol. The van der Waals surface area contributed by atoms with Crippen molar-refractivity contribution in [3.8, 4) is 0 Å². The molecule has 1 aliphatic carbocycles. The van der Waals surface area contributed by atoms with Crippen LogP contribution in [0.5, 0.6) is 0 Å². The second-order valence-electron chi connectivity index (χ2n) is 6.89. The van der Waals surface area contributed by atoms with Crippen molar-refractivity contribution < 1.29 is 4.79 Å². The predicted molar refractivity (Wildman–Crippen MR) is 87.1 cm³/mol. The first kappa shape index (κ1) is 13.0. The molecular formula is C17H19N3OS. The van der Waals surface area contributed by atoms with E-state index in [0.717, 1.165) is 15.1 Å². The van der Waals surface area contributed by atoms with Crippen molar-refractivity contribution in [2.24, 2.45) is 5.92 Å². The summed E-state index contributed by atoms with van der Waals surface area (Å²) < 4.78 is 0. The van der Waals surface area contributed by atoms with Crippen molar-refractivity contribution in [3.05, 3.63) is 29.3 Å². The number of carbonyl (C=O) groups is 1. The van der Waals surface area contributed by atoms with Crippen molar-refractivity contribution in [1.29, 1.82) is 0 Å². The average Bonchev–Trinajstić information content (AvgIpc) is 3.20. The van der Waals surface area contributed by atoms with E-state index in [9.17, 15) is 4.79 Å². The molecule has 4 fully saturated rings. The van der Waals surface area contributed by atoms with Gasteiger partial charge in [-0.25, -0.2) is 4.98 Å². The van der Waals surface area contributed by atoms with Crippen LogP contribution >= 0.6 is 11.3 Å². The Morgan fingerprint density at radius 1 is 1.36 bits per heavy atom. The van der Waals surface area contributed by atoms with Gasteiger partial charge in [0.25, 0.3) is 5.91 Å². The molecule has 0 aromatic carbocycles. The van der Waals surface area contributed by atoms with Crippen LogP contribution in [0.3, 0.4) is 0 Å². The smallest absolute Gasteiger partial charge is 0.261 e. The summed E-state index contributed by atoms with van der Waals surface area (Å²) in [5.74, 6) is 0.761. The second-order valence-corrected chi connectivity index (χ2v) is 7.92. The molecule has 2 aromatic rings. The molecule has 1 N–H and O–H groups in total. The van der Waals surface area contributed by atoms with Gasteiger partial charge in [0, 0.05) is 17.1 Å². The van der Waals surface area contributed by atoms with Crippen LogP contribution in [0.4, 0.5) is 0 Å². The van der Waals surface area contributed by atoms with E-state index in [1.807, 2.05) is 18.2 Å². The molecule has 4 aliphatic rings. The number of nitrogens with zero attached hydrogens (tertiary/aromatic N) is 2. The van der Waals surface area contributed by atoms with E-state index in [4.69, 9.17) is 0 Å². The molecule has 0 radical (unpaired) electrons. The van der Waals surface area contributed by atoms with Gasteiger partial charge in [-0.3, -0.25) is 9.69 Å². The van der Waals surface area contributed by atoms with Crippen LogP contribution in [-0.2, 0) is 0 Å². The number of hydrogen-bond donors (Lipinski definition) is 1. The standard InChI is InChI=1S/C17H19N3OS/c21-15(13-10-12-2-1-7-18-16(12)22-13)19-14-11-3-8-20(9-4-11)17(14)5-6-17/h1-2,7,10-11,14H,3-6,8-9H2,(H,19,21). The lowest BCUT2D eigenvalue weighted by Gasteiger charge is -2.52. The summed E-state index contributed by atoms with van der Waals surface area (Å²) in [7, 11) is 0. The largest absolute Gasteiger partial charge is 0.346 e. The molecule has 2 aromatic heterocycles. The molecule has 22 heavy (non-hydrogen) atoms. The Balaban J connectivity index is 1.42. The number of nitrogens with one attached hydrogen (secondary N) is 1. The lowest BCUT2D eigenvalue weighted by Crippen LogP contribution is -2.65. The number of aromatic nitrogens is 1. The Morgan fingerprint density at radius 2 is 2.18 bits per heavy atom. The Bertz CT molecular complexity index is 710. The predicted octanol–water partition coefficient (Wildman–Crippen LogP) is 2.65. The fourth-order valence-corrected chi connectivity index (χ4v) is 5.42. The number of carbonyl (C=O) groups excluding carboxylic acids is 1. The van der Waals surface area contributed by atoms with E-state index in [-0.39, 0.29) is 5.91 Å². The summed E-state index contributed by atoms with van der Waals surface area (Å²) in [4.78, 5) is 21.4. The van der Waals surface area contributed by atoms with E-state index in [1.165, 1.54) is 50.1 Å². The number of rotatable bonds is 2. The second kappa shape index (κ2) is 4.52. The number of amides is 1. The maximum Gasteiger partial charge on any atom is 0.261 e. The van der Waals surface area contributed by atoms with E-state index in [2.05, 4.69) is 15.2 Å². The molecule has 2 bridgehead atoms. The summed E-state index contributed by atoms with van der Waals surface area (Å²) >= 11 is 1.50. The average molecular weight is 313 g/mol. The van der Waals surface area contributed by atoms with E-state index >= 15 is 0 Å². The summed E-state index contributed by atoms with van der Waals surface area (Å²) in [6.07, 6.45) is 6.76. The van der Waals surface area contributed by atoms with Crippen LogP contribution in [0.15, 0.2) is 24.4 Å². The van der Waals surface area contributed by atoms with Gasteiger partial charge in [0.05, 0.1) is 10.9 Å². The van der Waals surface area contributed by atoms with Crippen LogP contribution in [0.2, 0.25) is 0 Å². The highest BCUT2D eigenvalue weighted by Crippen LogP contribution is 2.53. The fourth-order valence-electron chi connectivity index (χ4n) is 4.52. The van der Waals surface area contributed by atoms with E-state index < -0.39 is 0 Å². The fraction of sp³-hybridized carbons (Fsp3) is 0.529. The van der Waals surface area contributed by atoms with Gasteiger partial charge in [-0.15, -0.1) is 11.3 Å². The van der Waals surface area contributed by atoms with Crippen LogP contribution < -0.4 is 5.32 Å². The number of thiophene rings is 1. The van der Waals surface area contributed by atoms with Crippen molar-refractivity contribution in [3.63, 3.8) is 0 Å². The molecule has 3 aliphatic heterocycles. The molecule has 5 heterocycles. The van der Waals surface area contributed by atoms with Gasteiger partial charge in [-0.1, -0.05) is 6.07 Å². The zero-order valence-electron chi connectivity index (χ0n) is 12.4. The third-order valence-corrected chi connectivity index (χ3v) is 6.84. The minimum atomic E-state index is 0.0908. The van der Waals surface area contributed by atoms with Gasteiger partial charge < -0.3 is 5.32 Å². The Kier molecular flexibility index (Phi) is 2.68. The molecule has 114 valence electrons. The van der Waals surface area contributed by atoms with Crippen molar-refractivity contribution in [1.82, 2.24) is 15.2 Å². The monoisotopic (exact) mass is 313 g/mol. The number of piperidine rings is 3. The zero-order valence-corrected chi connectivity index (χ0v) is 13.2. The third kappa shape index (κ3) is 1.78. The summed E-state index contributed by atoms with van der Waals surface area (Å²) in [6, 6.07) is 6.26. The van der Waals surface area contributed by atoms with Crippen LogP contribution in [-0.4, -0.2) is 40.5 Å². The molecule has 1 saturated carbocycles. The van der Waals surface area contributed by atoms with Crippen LogP contribution in [0, 0.1) is 5.92 Å². The molecule has 1 unspecified atom stereocenters. The van der Waals surface area contributed by atoms with E-state index in [0.29, 0.717) is 17.5 Å². The highest BCUT2D eigenvalue weighted by Gasteiger charge is 2.60. The number of hydrogen-bond acceptors (Lipinski definition) is 4. The Hall–Kier alpha value is -1.46. The van der Waals surface area contributed by atoms with Gasteiger partial charge in [0.1, 0.15) is 4.83 Å². The first-order valence-corrected chi connectivity index (χ1v) is 8.98. The highest BCUT2D eigenvalue weighted by molar-refractivity contribution is 7.20. The van der Waals surface area contributed by atoms with E-state index in [1.54, 1.807) is 6.20 Å². The summed E-state index contributed by atoms with van der Waals surface area (Å²) in [5, 5.41) is 4.45. The van der Waals surface area contributed by atoms with Crippen LogP contribution in [0.1, 0.15) is 35.4 Å². The third-order valence-electron chi connectivity index (χ3n) is 5.79. The number of pyridine rings is 1. The van der Waals surface area contributed by atoms with Crippen LogP contribution in [0.25, 0.3) is 10.2 Å². The maximum atomic E-state index is 12.7. The minimum absolute atomic E-state index is 0.0908. The van der Waals surface area contributed by atoms with Gasteiger partial charge >= 0.3 is 0 Å². The topological polar surface area (TPSA) is 45.2 Å². The quantitative estimate of drug-likeness (QED) is 0.927. The van der Waals surface area contributed by atoms with Crippen molar-refractivity contribution in [2.75, 3.05) is 13.1 Å². The van der Waals surface area contributed by atoms with Gasteiger partial charge in [0.15, 0.2) is 0 Å². The van der Waals surface area contributed by atoms with Crippen molar-refractivity contribution in [2.45, 2.75) is 37.3 Å². The first-order valence-electron chi connectivity index (χ1n) is 8.17. The van der Waals surface area contributed by atoms with Crippen molar-refractivity contribution >= 4 is 27.5 Å². The Morgan fingerprint density at radius 3 is 2.91 bits per heavy atom. The lowest BCUT2D eigenvalue weighted by molar-refractivity contribution is -0.00138. The molecule has 3 saturated heterocycles. The summed E-state index contributed by atoms with van der Waals surface area (Å²) in [5.41, 5.74) is 0.297. The van der Waals surface area contributed by atoms with Gasteiger partial charge in [-0.2, -0.15) is 0 Å². The first-order chi connectivity index (χ1) is 10.8. The number of fused-ring (bicyclic) bond motifs is 3. The van der Waals surface area contributed by atoms with Gasteiger partial charge in [-0.05, 0) is 56.8 Å². The zero-order chi connectivity index (χ0) is 14.7. The maximum absolute atomic E-state index is 12.7. The van der Waals surface area contributed by atoms with Gasteiger partial charge in [0.2, 0.25) is 0 Å². The highest BCUT2D eigenvalue weighted by atomic mass is 32.1. The molecule has 5 heteroatoms. The SMILES string of the molecule is O=C(NC1C2CCN(CC2)C12CC2)c1cc2cccnc2s1. The molecule has 1 atom stereocenters. The minimum Gasteiger partial charge on any atom is -0.346 e. The molecule has 1 spiro atoms. The molecule has 4 nitrogen and oxygen atoms in total. The molecule has 1 amide bonds. The Labute approximate surface area is 133 Å².